The smallest absolute Gasteiger partial charge is 0.353 e. The lowest BCUT2D eigenvalue weighted by Crippen LogP contribution is -2.27. The molecule has 1 aliphatic heterocycles. The Bertz CT molecular complexity index is 1130. The number of imide groups is 1. The number of hydrogen-bond acceptors (Lipinski definition) is 8. The van der Waals surface area contributed by atoms with Gasteiger partial charge in [-0.2, -0.15) is 0 Å². The van der Waals surface area contributed by atoms with Crippen molar-refractivity contribution < 1.29 is 28.8 Å². The minimum Gasteiger partial charge on any atom is -0.490 e. The highest BCUT2D eigenvalue weighted by atomic mass is 32.2. The lowest BCUT2D eigenvalue weighted by atomic mass is 10.1. The van der Waals surface area contributed by atoms with E-state index >= 15 is 0 Å². The summed E-state index contributed by atoms with van der Waals surface area (Å²) in [5.74, 6) is -1.70. The second-order valence-electron chi connectivity index (χ2n) is 6.64. The molecule has 0 spiro atoms. The third-order valence-corrected chi connectivity index (χ3v) is 5.26. The van der Waals surface area contributed by atoms with E-state index in [-0.39, 0.29) is 28.5 Å². The van der Waals surface area contributed by atoms with Crippen LogP contribution >= 0.6 is 11.8 Å². The number of nitro groups is 1. The summed E-state index contributed by atoms with van der Waals surface area (Å²) in [7, 11) is 1.22. The summed E-state index contributed by atoms with van der Waals surface area (Å²) in [6, 6.07) is 10.1. The third-order valence-electron chi connectivity index (χ3n) is 4.35. The minimum absolute atomic E-state index is 0.102. The summed E-state index contributed by atoms with van der Waals surface area (Å²) in [4.78, 5) is 48.5. The molecule has 0 atom stereocenters. The van der Waals surface area contributed by atoms with Crippen LogP contribution in [0.25, 0.3) is 6.08 Å². The molecule has 0 aliphatic carbocycles. The van der Waals surface area contributed by atoms with Crippen LogP contribution in [0.4, 0.5) is 10.5 Å². The third kappa shape index (κ3) is 4.75. The van der Waals surface area contributed by atoms with Crippen molar-refractivity contribution in [2.75, 3.05) is 7.11 Å². The monoisotopic (exact) mass is 442 g/mol. The average molecular weight is 442 g/mol. The van der Waals surface area contributed by atoms with Gasteiger partial charge in [-0.15, -0.1) is 0 Å². The van der Waals surface area contributed by atoms with Gasteiger partial charge in [-0.1, -0.05) is 29.8 Å². The molecular weight excluding hydrogens is 424 g/mol. The Kier molecular flexibility index (Phi) is 6.40. The number of carbonyl (C=O) groups is 3. The van der Waals surface area contributed by atoms with Crippen molar-refractivity contribution in [3.63, 3.8) is 0 Å². The summed E-state index contributed by atoms with van der Waals surface area (Å²) in [5.41, 5.74) is 1.46. The molecule has 1 fully saturated rings. The van der Waals surface area contributed by atoms with E-state index in [9.17, 15) is 24.5 Å². The Morgan fingerprint density at radius 3 is 2.61 bits per heavy atom. The van der Waals surface area contributed by atoms with E-state index in [0.717, 1.165) is 34.7 Å². The first kappa shape index (κ1) is 22.0. The molecule has 2 aromatic rings. The normalized spacial score (nSPS) is 14.8. The molecule has 1 heterocycles. The van der Waals surface area contributed by atoms with Crippen LogP contribution in [0.1, 0.15) is 23.6 Å². The number of benzene rings is 2. The molecule has 0 saturated carbocycles. The van der Waals surface area contributed by atoms with E-state index < -0.39 is 27.7 Å². The summed E-state index contributed by atoms with van der Waals surface area (Å²) in [5, 5.41) is 11.1. The van der Waals surface area contributed by atoms with Crippen molar-refractivity contribution in [2.24, 2.45) is 0 Å². The summed E-state index contributed by atoms with van der Waals surface area (Å²) < 4.78 is 10.1. The lowest BCUT2D eigenvalue weighted by molar-refractivity contribution is -0.386. The first-order valence-electron chi connectivity index (χ1n) is 9.06. The minimum atomic E-state index is -0.738. The van der Waals surface area contributed by atoms with Crippen LogP contribution in [0.5, 0.6) is 11.5 Å². The molecule has 10 heteroatoms. The predicted molar refractivity (Wildman–Crippen MR) is 114 cm³/mol. The van der Waals surface area contributed by atoms with Gasteiger partial charge in [0.1, 0.15) is 0 Å². The number of nitrogens with zero attached hydrogens (tertiary/aromatic N) is 2. The van der Waals surface area contributed by atoms with Crippen LogP contribution in [0, 0.1) is 17.0 Å². The van der Waals surface area contributed by atoms with E-state index in [4.69, 9.17) is 9.47 Å². The second-order valence-corrected chi connectivity index (χ2v) is 7.64. The molecule has 0 aromatic heterocycles. The maximum atomic E-state index is 12.8. The Balaban J connectivity index is 1.96. The van der Waals surface area contributed by atoms with Gasteiger partial charge < -0.3 is 9.47 Å². The van der Waals surface area contributed by atoms with Crippen molar-refractivity contribution >= 4 is 40.6 Å². The number of thioether (sulfide) groups is 1. The number of rotatable bonds is 6. The van der Waals surface area contributed by atoms with Crippen LogP contribution in [0.15, 0.2) is 41.3 Å². The van der Waals surface area contributed by atoms with Gasteiger partial charge in [0, 0.05) is 12.5 Å². The van der Waals surface area contributed by atoms with Gasteiger partial charge in [0.2, 0.25) is 11.5 Å². The maximum Gasteiger partial charge on any atom is 0.353 e. The lowest BCUT2D eigenvalue weighted by Gasteiger charge is -2.13. The Morgan fingerprint density at radius 2 is 2.00 bits per heavy atom. The number of ether oxygens (including phenoxy) is 2. The number of esters is 1. The molecule has 3 rings (SSSR count). The van der Waals surface area contributed by atoms with Crippen LogP contribution < -0.4 is 9.47 Å². The molecular formula is C21H18N2O7S. The SMILES string of the molecule is COc1c(/C=C2\SC(=O)N(Cc3cccc(C)c3)C2=O)ccc(OC(C)=O)c1[N+](=O)[O-]. The topological polar surface area (TPSA) is 116 Å². The predicted octanol–water partition coefficient (Wildman–Crippen LogP) is 4.07. The van der Waals surface area contributed by atoms with Gasteiger partial charge in [0.25, 0.3) is 11.1 Å². The zero-order chi connectivity index (χ0) is 22.7. The van der Waals surface area contributed by atoms with E-state index in [1.54, 1.807) is 0 Å². The molecule has 0 unspecified atom stereocenters. The van der Waals surface area contributed by atoms with E-state index in [1.807, 2.05) is 31.2 Å². The Morgan fingerprint density at radius 1 is 1.26 bits per heavy atom. The van der Waals surface area contributed by atoms with Crippen LogP contribution in [-0.4, -0.2) is 34.0 Å². The molecule has 2 amide bonds. The van der Waals surface area contributed by atoms with Gasteiger partial charge in [0.15, 0.2) is 0 Å². The highest BCUT2D eigenvalue weighted by Crippen LogP contribution is 2.42. The number of methoxy groups -OCH3 is 1. The van der Waals surface area contributed by atoms with E-state index in [2.05, 4.69) is 0 Å². The number of amides is 2. The van der Waals surface area contributed by atoms with Gasteiger partial charge in [-0.25, -0.2) is 0 Å². The highest BCUT2D eigenvalue weighted by molar-refractivity contribution is 8.18. The molecule has 0 bridgehead atoms. The fraction of sp³-hybridized carbons (Fsp3) is 0.190. The molecule has 9 nitrogen and oxygen atoms in total. The van der Waals surface area contributed by atoms with E-state index in [0.29, 0.717) is 0 Å². The van der Waals surface area contributed by atoms with Gasteiger partial charge in [0.05, 0.1) is 23.5 Å². The molecule has 1 saturated heterocycles. The van der Waals surface area contributed by atoms with E-state index in [1.165, 1.54) is 25.3 Å². The van der Waals surface area contributed by atoms with Crippen LogP contribution in [0.2, 0.25) is 0 Å². The van der Waals surface area contributed by atoms with Crippen LogP contribution in [0.3, 0.4) is 0 Å². The fourth-order valence-corrected chi connectivity index (χ4v) is 3.91. The van der Waals surface area contributed by atoms with Crippen molar-refractivity contribution in [1.82, 2.24) is 4.90 Å². The van der Waals surface area contributed by atoms with Crippen molar-refractivity contribution in [1.29, 1.82) is 0 Å². The van der Waals surface area contributed by atoms with Crippen molar-refractivity contribution in [3.8, 4) is 11.5 Å². The zero-order valence-corrected chi connectivity index (χ0v) is 17.7. The summed E-state index contributed by atoms with van der Waals surface area (Å²) in [6.07, 6.45) is 1.35. The quantitative estimate of drug-likeness (QED) is 0.216. The Hall–Kier alpha value is -3.66. The standard InChI is InChI=1S/C21H18N2O7S/c1-12-5-4-6-14(9-12)11-22-20(25)17(31-21(22)26)10-15-7-8-16(30-13(2)24)18(23(27)28)19(15)29-3/h4-10H,11H2,1-3H3/b17-10-. The van der Waals surface area contributed by atoms with Crippen molar-refractivity contribution in [3.05, 3.63) is 68.1 Å². The van der Waals surface area contributed by atoms with Gasteiger partial charge in [-0.05, 0) is 42.5 Å². The number of hydrogen-bond donors (Lipinski definition) is 0. The first-order valence-corrected chi connectivity index (χ1v) is 9.87. The van der Waals surface area contributed by atoms with Crippen LogP contribution in [-0.2, 0) is 16.1 Å². The molecule has 1 aliphatic rings. The fourth-order valence-electron chi connectivity index (χ4n) is 3.08. The highest BCUT2D eigenvalue weighted by Gasteiger charge is 2.36. The number of carbonyl (C=O) groups excluding carboxylic acids is 3. The largest absolute Gasteiger partial charge is 0.490 e. The number of aryl methyl sites for hydroxylation is 1. The molecule has 31 heavy (non-hydrogen) atoms. The second kappa shape index (κ2) is 9.00. The molecule has 2 aromatic carbocycles. The van der Waals surface area contributed by atoms with Gasteiger partial charge in [-0.3, -0.25) is 29.4 Å². The van der Waals surface area contributed by atoms with Gasteiger partial charge >= 0.3 is 11.7 Å². The maximum absolute atomic E-state index is 12.8. The zero-order valence-electron chi connectivity index (χ0n) is 16.9. The molecule has 160 valence electrons. The number of nitro benzene ring substituents is 1. The summed E-state index contributed by atoms with van der Waals surface area (Å²) in [6.45, 7) is 3.15. The first-order chi connectivity index (χ1) is 14.7. The Labute approximate surface area is 181 Å². The average Bonchev–Trinajstić information content (AvgIpc) is 2.95. The van der Waals surface area contributed by atoms with Crippen molar-refractivity contribution in [2.45, 2.75) is 20.4 Å². The molecule has 0 radical (unpaired) electrons. The molecule has 0 N–H and O–H groups in total. The summed E-state index contributed by atoms with van der Waals surface area (Å²) >= 11 is 0.736.